The Labute approximate surface area is 200 Å². The molecule has 3 aromatic rings. The van der Waals surface area contributed by atoms with Crippen LogP contribution in [0.2, 0.25) is 0 Å². The number of nitro groups is 1. The van der Waals surface area contributed by atoms with E-state index in [1.165, 1.54) is 23.9 Å². The van der Waals surface area contributed by atoms with Gasteiger partial charge in [-0.3, -0.25) is 14.9 Å². The van der Waals surface area contributed by atoms with Gasteiger partial charge < -0.3 is 14.8 Å². The van der Waals surface area contributed by atoms with Gasteiger partial charge in [0.2, 0.25) is 0 Å². The zero-order valence-corrected chi connectivity index (χ0v) is 19.1. The van der Waals surface area contributed by atoms with E-state index in [2.05, 4.69) is 10.3 Å². The number of nitrogens with one attached hydrogen (secondary N) is 1. The van der Waals surface area contributed by atoms with Crippen LogP contribution in [0.4, 0.5) is 11.4 Å². The van der Waals surface area contributed by atoms with Gasteiger partial charge in [-0.1, -0.05) is 30.3 Å². The van der Waals surface area contributed by atoms with Crippen molar-refractivity contribution in [2.45, 2.75) is 13.5 Å². The molecule has 1 fully saturated rings. The minimum atomic E-state index is -0.440. The van der Waals surface area contributed by atoms with Gasteiger partial charge in [0.05, 0.1) is 22.1 Å². The van der Waals surface area contributed by atoms with Crippen molar-refractivity contribution in [3.8, 4) is 11.5 Å². The van der Waals surface area contributed by atoms with Crippen molar-refractivity contribution in [1.82, 2.24) is 5.32 Å². The molecule has 0 aliphatic carbocycles. The van der Waals surface area contributed by atoms with Crippen molar-refractivity contribution in [1.29, 1.82) is 0 Å². The summed E-state index contributed by atoms with van der Waals surface area (Å²) in [5.74, 6) is 1.08. The summed E-state index contributed by atoms with van der Waals surface area (Å²) >= 11 is 1.24. The van der Waals surface area contributed by atoms with Crippen LogP contribution in [0.3, 0.4) is 0 Å². The molecule has 1 N–H and O–H groups in total. The van der Waals surface area contributed by atoms with Gasteiger partial charge in [0.1, 0.15) is 18.1 Å². The van der Waals surface area contributed by atoms with Crippen LogP contribution in [0, 0.1) is 10.1 Å². The molecule has 1 amide bonds. The fraction of sp³-hybridized carbons (Fsp3) is 0.120. The Hall–Kier alpha value is -4.11. The number of rotatable bonds is 8. The largest absolute Gasteiger partial charge is 0.494 e. The number of non-ortho nitro benzene ring substituents is 1. The maximum absolute atomic E-state index is 12.5. The average Bonchev–Trinajstić information content (AvgIpc) is 3.18. The lowest BCUT2D eigenvalue weighted by molar-refractivity contribution is -0.384. The van der Waals surface area contributed by atoms with E-state index in [-0.39, 0.29) is 18.2 Å². The Morgan fingerprint density at radius 3 is 2.62 bits per heavy atom. The molecule has 1 saturated heterocycles. The number of amides is 1. The summed E-state index contributed by atoms with van der Waals surface area (Å²) in [6.07, 6.45) is 1.74. The molecule has 0 saturated carbocycles. The first-order chi connectivity index (χ1) is 16.5. The highest BCUT2D eigenvalue weighted by molar-refractivity contribution is 8.18. The normalized spacial score (nSPS) is 15.4. The van der Waals surface area contributed by atoms with Crippen LogP contribution in [0.25, 0.3) is 6.08 Å². The van der Waals surface area contributed by atoms with Gasteiger partial charge >= 0.3 is 0 Å². The van der Waals surface area contributed by atoms with Crippen LogP contribution in [0.15, 0.2) is 82.7 Å². The van der Waals surface area contributed by atoms with E-state index in [0.29, 0.717) is 39.2 Å². The number of hydrogen-bond acceptors (Lipinski definition) is 7. The van der Waals surface area contributed by atoms with E-state index in [1.54, 1.807) is 24.3 Å². The SMILES string of the molecule is CCOc1ccc(N=C2NC(=O)/C(=C\c3ccccc3OCc3cccc([N+](=O)[O-])c3)S2)cc1. The van der Waals surface area contributed by atoms with Crippen molar-refractivity contribution in [2.24, 2.45) is 4.99 Å². The monoisotopic (exact) mass is 475 g/mol. The summed E-state index contributed by atoms with van der Waals surface area (Å²) in [7, 11) is 0. The second kappa shape index (κ2) is 10.7. The van der Waals surface area contributed by atoms with Crippen molar-refractivity contribution < 1.29 is 19.2 Å². The molecule has 0 bridgehead atoms. The molecule has 172 valence electrons. The Bertz CT molecular complexity index is 1270. The minimum absolute atomic E-state index is 0.00914. The number of carbonyl (C=O) groups excluding carboxylic acids is 1. The molecule has 3 aromatic carbocycles. The third kappa shape index (κ3) is 5.81. The highest BCUT2D eigenvalue weighted by Gasteiger charge is 2.24. The maximum Gasteiger partial charge on any atom is 0.269 e. The summed E-state index contributed by atoms with van der Waals surface area (Å²) < 4.78 is 11.3. The molecular formula is C25H21N3O5S. The van der Waals surface area contributed by atoms with E-state index in [4.69, 9.17) is 9.47 Å². The first-order valence-corrected chi connectivity index (χ1v) is 11.3. The molecule has 1 heterocycles. The lowest BCUT2D eigenvalue weighted by Crippen LogP contribution is -2.19. The zero-order chi connectivity index (χ0) is 23.9. The molecule has 0 unspecified atom stereocenters. The molecule has 1 aliphatic rings. The quantitative estimate of drug-likeness (QED) is 0.263. The fourth-order valence-electron chi connectivity index (χ4n) is 3.17. The van der Waals surface area contributed by atoms with Crippen molar-refractivity contribution in [2.75, 3.05) is 6.61 Å². The summed E-state index contributed by atoms with van der Waals surface area (Å²) in [6, 6.07) is 20.9. The van der Waals surface area contributed by atoms with Crippen LogP contribution in [0.5, 0.6) is 11.5 Å². The number of amidine groups is 1. The van der Waals surface area contributed by atoms with Crippen LogP contribution >= 0.6 is 11.8 Å². The number of thioether (sulfide) groups is 1. The molecule has 1 aliphatic heterocycles. The number of hydrogen-bond donors (Lipinski definition) is 1. The zero-order valence-electron chi connectivity index (χ0n) is 18.3. The molecule has 0 spiro atoms. The van der Waals surface area contributed by atoms with Crippen molar-refractivity contribution >= 4 is 40.3 Å². The van der Waals surface area contributed by atoms with E-state index < -0.39 is 4.92 Å². The predicted molar refractivity (Wildman–Crippen MR) is 132 cm³/mol. The fourth-order valence-corrected chi connectivity index (χ4v) is 4.01. The summed E-state index contributed by atoms with van der Waals surface area (Å²) in [4.78, 5) is 28.0. The van der Waals surface area contributed by atoms with Gasteiger partial charge in [-0.2, -0.15) is 0 Å². The predicted octanol–water partition coefficient (Wildman–Crippen LogP) is 5.46. The van der Waals surface area contributed by atoms with Gasteiger partial charge in [-0.15, -0.1) is 0 Å². The van der Waals surface area contributed by atoms with E-state index in [9.17, 15) is 14.9 Å². The molecule has 0 aromatic heterocycles. The molecule has 0 radical (unpaired) electrons. The standard InChI is InChI=1S/C25H21N3O5S/c1-2-32-21-12-10-19(11-13-21)26-25-27-24(29)23(34-25)15-18-7-3-4-9-22(18)33-16-17-6-5-8-20(14-17)28(30)31/h3-15H,2,16H2,1H3,(H,26,27,29)/b23-15+. The molecule has 8 nitrogen and oxygen atoms in total. The number of nitrogens with zero attached hydrogens (tertiary/aromatic N) is 2. The first kappa shape index (κ1) is 23.1. The van der Waals surface area contributed by atoms with E-state index in [0.717, 1.165) is 5.75 Å². The third-order valence-electron chi connectivity index (χ3n) is 4.75. The molecule has 4 rings (SSSR count). The Morgan fingerprint density at radius 1 is 1.06 bits per heavy atom. The lowest BCUT2D eigenvalue weighted by Gasteiger charge is -2.09. The highest BCUT2D eigenvalue weighted by Crippen LogP contribution is 2.31. The number of aliphatic imine (C=N–C) groups is 1. The Balaban J connectivity index is 1.48. The second-order valence-corrected chi connectivity index (χ2v) is 8.19. The summed E-state index contributed by atoms with van der Waals surface area (Å²) in [6.45, 7) is 2.67. The van der Waals surface area contributed by atoms with Gasteiger partial charge in [0.25, 0.3) is 11.6 Å². The second-order valence-electron chi connectivity index (χ2n) is 7.16. The minimum Gasteiger partial charge on any atom is -0.494 e. The van der Waals surface area contributed by atoms with Crippen molar-refractivity contribution in [3.63, 3.8) is 0 Å². The molecule has 34 heavy (non-hydrogen) atoms. The Kier molecular flexibility index (Phi) is 7.24. The van der Waals surface area contributed by atoms with E-state index >= 15 is 0 Å². The number of nitro benzene ring substituents is 1. The summed E-state index contributed by atoms with van der Waals surface area (Å²) in [5, 5.41) is 14.2. The smallest absolute Gasteiger partial charge is 0.269 e. The maximum atomic E-state index is 12.5. The van der Waals surface area contributed by atoms with Crippen LogP contribution in [0.1, 0.15) is 18.1 Å². The molecule has 9 heteroatoms. The van der Waals surface area contributed by atoms with Crippen LogP contribution in [-0.4, -0.2) is 22.6 Å². The number of carbonyl (C=O) groups is 1. The van der Waals surface area contributed by atoms with Crippen LogP contribution < -0.4 is 14.8 Å². The number of ether oxygens (including phenoxy) is 2. The van der Waals surface area contributed by atoms with Crippen molar-refractivity contribution in [3.05, 3.63) is 98.9 Å². The first-order valence-electron chi connectivity index (χ1n) is 10.5. The van der Waals surface area contributed by atoms with Gasteiger partial charge in [0.15, 0.2) is 5.17 Å². The molecular weight excluding hydrogens is 454 g/mol. The van der Waals surface area contributed by atoms with Gasteiger partial charge in [-0.25, -0.2) is 4.99 Å². The van der Waals surface area contributed by atoms with Gasteiger partial charge in [-0.05, 0) is 60.7 Å². The highest BCUT2D eigenvalue weighted by atomic mass is 32.2. The van der Waals surface area contributed by atoms with E-state index in [1.807, 2.05) is 49.4 Å². The summed E-state index contributed by atoms with van der Waals surface area (Å²) in [5.41, 5.74) is 2.10. The number of para-hydroxylation sites is 1. The lowest BCUT2D eigenvalue weighted by atomic mass is 10.1. The number of benzene rings is 3. The van der Waals surface area contributed by atoms with Crippen LogP contribution in [-0.2, 0) is 11.4 Å². The van der Waals surface area contributed by atoms with Gasteiger partial charge in [0, 0.05) is 17.7 Å². The Morgan fingerprint density at radius 2 is 1.85 bits per heavy atom. The molecule has 0 atom stereocenters. The topological polar surface area (TPSA) is 103 Å². The third-order valence-corrected chi connectivity index (χ3v) is 5.66. The average molecular weight is 476 g/mol.